The second-order valence-electron chi connectivity index (χ2n) is 5.82. The molecule has 0 spiro atoms. The van der Waals surface area contributed by atoms with Gasteiger partial charge in [0.15, 0.2) is 0 Å². The van der Waals surface area contributed by atoms with Crippen molar-refractivity contribution in [1.29, 1.82) is 0 Å². The lowest BCUT2D eigenvalue weighted by atomic mass is 10.1. The molecule has 1 saturated heterocycles. The number of nitrogens with one attached hydrogen (secondary N) is 1. The van der Waals surface area contributed by atoms with Gasteiger partial charge in [0.2, 0.25) is 5.91 Å². The summed E-state index contributed by atoms with van der Waals surface area (Å²) in [5, 5.41) is 3.06. The molecular formula is C19H19FN2O3. The van der Waals surface area contributed by atoms with Crippen LogP contribution in [0.3, 0.4) is 0 Å². The van der Waals surface area contributed by atoms with Crippen LogP contribution in [-0.2, 0) is 16.0 Å². The number of nitrogens with zero attached hydrogens (tertiary/aromatic N) is 1. The number of rotatable bonds is 6. The van der Waals surface area contributed by atoms with Gasteiger partial charge in [-0.1, -0.05) is 18.2 Å². The van der Waals surface area contributed by atoms with Crippen LogP contribution < -0.4 is 15.0 Å². The molecule has 1 atom stereocenters. The third-order valence-corrected chi connectivity index (χ3v) is 4.22. The second-order valence-corrected chi connectivity index (χ2v) is 5.82. The van der Waals surface area contributed by atoms with Crippen LogP contribution in [0.5, 0.6) is 5.75 Å². The number of carbonyl (C=O) groups is 2. The highest BCUT2D eigenvalue weighted by Crippen LogP contribution is 2.25. The minimum absolute atomic E-state index is 0.0993. The summed E-state index contributed by atoms with van der Waals surface area (Å²) in [6.45, 7) is 0.418. The third-order valence-electron chi connectivity index (χ3n) is 4.22. The summed E-state index contributed by atoms with van der Waals surface area (Å²) in [5.41, 5.74) is 1.10. The van der Waals surface area contributed by atoms with Crippen molar-refractivity contribution in [3.8, 4) is 5.75 Å². The Morgan fingerprint density at radius 1 is 1.16 bits per heavy atom. The monoisotopic (exact) mass is 342 g/mol. The van der Waals surface area contributed by atoms with E-state index in [4.69, 9.17) is 4.74 Å². The van der Waals surface area contributed by atoms with E-state index in [1.807, 2.05) is 0 Å². The first-order chi connectivity index (χ1) is 12.1. The number of hydrogen-bond acceptors (Lipinski definition) is 4. The molecule has 5 nitrogen and oxygen atoms in total. The molecule has 2 aromatic carbocycles. The van der Waals surface area contributed by atoms with Gasteiger partial charge in [-0.3, -0.25) is 9.59 Å². The number of amides is 2. The maximum atomic E-state index is 13.6. The Morgan fingerprint density at radius 3 is 2.56 bits per heavy atom. The molecule has 1 fully saturated rings. The molecule has 2 amide bonds. The Hall–Kier alpha value is -2.73. The molecule has 0 radical (unpaired) electrons. The van der Waals surface area contributed by atoms with E-state index in [-0.39, 0.29) is 24.1 Å². The van der Waals surface area contributed by atoms with Gasteiger partial charge in [-0.2, -0.15) is 0 Å². The van der Waals surface area contributed by atoms with Gasteiger partial charge in [-0.25, -0.2) is 9.29 Å². The minimum atomic E-state index is -0.582. The van der Waals surface area contributed by atoms with Crippen LogP contribution >= 0.6 is 0 Å². The Labute approximate surface area is 145 Å². The Balaban J connectivity index is 1.61. The largest absolute Gasteiger partial charge is 0.497 e. The fraction of sp³-hybridized carbons (Fsp3) is 0.263. The van der Waals surface area contributed by atoms with E-state index in [1.54, 1.807) is 49.6 Å². The van der Waals surface area contributed by atoms with Crippen molar-refractivity contribution in [2.24, 2.45) is 0 Å². The maximum Gasteiger partial charge on any atom is 0.251 e. The van der Waals surface area contributed by atoms with Crippen LogP contribution in [0, 0.1) is 5.82 Å². The van der Waals surface area contributed by atoms with Gasteiger partial charge in [-0.05, 0) is 42.3 Å². The van der Waals surface area contributed by atoms with Gasteiger partial charge in [0.05, 0.1) is 25.3 Å². The summed E-state index contributed by atoms with van der Waals surface area (Å²) < 4.78 is 18.7. The predicted octanol–water partition coefficient (Wildman–Crippen LogP) is 2.30. The molecule has 3 rings (SSSR count). The first kappa shape index (κ1) is 17.1. The number of benzene rings is 2. The second kappa shape index (κ2) is 7.44. The van der Waals surface area contributed by atoms with E-state index in [0.717, 1.165) is 0 Å². The Bertz CT molecular complexity index is 776. The zero-order chi connectivity index (χ0) is 17.8. The van der Waals surface area contributed by atoms with E-state index in [1.165, 1.54) is 11.0 Å². The molecule has 130 valence electrons. The first-order valence-corrected chi connectivity index (χ1v) is 8.08. The highest BCUT2D eigenvalue weighted by atomic mass is 19.1. The van der Waals surface area contributed by atoms with Crippen molar-refractivity contribution in [1.82, 2.24) is 5.32 Å². The molecular weight excluding hydrogens is 323 g/mol. The standard InChI is InChI=1S/C19H19FN2O3/c1-25-15-8-6-14(7-9-15)22-18(23)12-17(19(22)24)21-11-10-13-4-2-3-5-16(13)20/h2-9,17,21H,10-12H2,1H3/t17-/m1/s1. The lowest BCUT2D eigenvalue weighted by Gasteiger charge is -2.16. The van der Waals surface area contributed by atoms with Gasteiger partial charge in [0.25, 0.3) is 5.91 Å². The normalized spacial score (nSPS) is 17.2. The molecule has 1 heterocycles. The van der Waals surface area contributed by atoms with Crippen LogP contribution in [0.15, 0.2) is 48.5 Å². The van der Waals surface area contributed by atoms with Gasteiger partial charge >= 0.3 is 0 Å². The number of carbonyl (C=O) groups excluding carboxylic acids is 2. The lowest BCUT2D eigenvalue weighted by molar-refractivity contribution is -0.121. The van der Waals surface area contributed by atoms with Gasteiger partial charge in [0.1, 0.15) is 11.6 Å². The fourth-order valence-electron chi connectivity index (χ4n) is 2.88. The van der Waals surface area contributed by atoms with E-state index < -0.39 is 6.04 Å². The fourth-order valence-corrected chi connectivity index (χ4v) is 2.88. The molecule has 1 aliphatic rings. The summed E-state index contributed by atoms with van der Waals surface area (Å²) in [4.78, 5) is 25.9. The summed E-state index contributed by atoms with van der Waals surface area (Å²) in [5.74, 6) is -0.150. The SMILES string of the molecule is COc1ccc(N2C(=O)C[C@@H](NCCc3ccccc3F)C2=O)cc1. The van der Waals surface area contributed by atoms with E-state index in [9.17, 15) is 14.0 Å². The highest BCUT2D eigenvalue weighted by molar-refractivity contribution is 6.22. The molecule has 1 aliphatic heterocycles. The van der Waals surface area contributed by atoms with Crippen molar-refractivity contribution >= 4 is 17.5 Å². The number of methoxy groups -OCH3 is 1. The minimum Gasteiger partial charge on any atom is -0.497 e. The number of ether oxygens (including phenoxy) is 1. The van der Waals surface area contributed by atoms with Crippen LogP contribution in [0.25, 0.3) is 0 Å². The quantitative estimate of drug-likeness (QED) is 0.819. The first-order valence-electron chi connectivity index (χ1n) is 8.08. The summed E-state index contributed by atoms with van der Waals surface area (Å²) >= 11 is 0. The molecule has 2 aromatic rings. The average molecular weight is 342 g/mol. The summed E-state index contributed by atoms with van der Waals surface area (Å²) in [6.07, 6.45) is 0.551. The summed E-state index contributed by atoms with van der Waals surface area (Å²) in [7, 11) is 1.55. The molecule has 0 unspecified atom stereocenters. The average Bonchev–Trinajstić information content (AvgIpc) is 2.90. The van der Waals surface area contributed by atoms with Crippen molar-refractivity contribution in [3.05, 3.63) is 59.9 Å². The lowest BCUT2D eigenvalue weighted by Crippen LogP contribution is -2.39. The van der Waals surface area contributed by atoms with Crippen molar-refractivity contribution < 1.29 is 18.7 Å². The van der Waals surface area contributed by atoms with E-state index in [2.05, 4.69) is 5.32 Å². The Morgan fingerprint density at radius 2 is 1.88 bits per heavy atom. The molecule has 0 aromatic heterocycles. The van der Waals surface area contributed by atoms with Crippen LogP contribution in [-0.4, -0.2) is 31.5 Å². The van der Waals surface area contributed by atoms with Gasteiger partial charge < -0.3 is 10.1 Å². The van der Waals surface area contributed by atoms with Gasteiger partial charge in [-0.15, -0.1) is 0 Å². The smallest absolute Gasteiger partial charge is 0.251 e. The van der Waals surface area contributed by atoms with Gasteiger partial charge in [0, 0.05) is 6.54 Å². The highest BCUT2D eigenvalue weighted by Gasteiger charge is 2.39. The van der Waals surface area contributed by atoms with Crippen LogP contribution in [0.1, 0.15) is 12.0 Å². The molecule has 0 bridgehead atoms. The summed E-state index contributed by atoms with van der Waals surface area (Å²) in [6, 6.07) is 12.7. The van der Waals surface area contributed by atoms with Crippen molar-refractivity contribution in [2.45, 2.75) is 18.9 Å². The molecule has 0 saturated carbocycles. The topological polar surface area (TPSA) is 58.6 Å². The van der Waals surface area contributed by atoms with Crippen LogP contribution in [0.4, 0.5) is 10.1 Å². The zero-order valence-electron chi connectivity index (χ0n) is 13.9. The number of hydrogen-bond donors (Lipinski definition) is 1. The predicted molar refractivity (Wildman–Crippen MR) is 92.0 cm³/mol. The van der Waals surface area contributed by atoms with E-state index in [0.29, 0.717) is 30.0 Å². The maximum absolute atomic E-state index is 13.6. The van der Waals surface area contributed by atoms with Crippen LogP contribution in [0.2, 0.25) is 0 Å². The molecule has 25 heavy (non-hydrogen) atoms. The zero-order valence-corrected chi connectivity index (χ0v) is 13.9. The number of imide groups is 1. The number of anilines is 1. The van der Waals surface area contributed by atoms with E-state index >= 15 is 0 Å². The number of halogens is 1. The molecule has 0 aliphatic carbocycles. The van der Waals surface area contributed by atoms with Crippen molar-refractivity contribution in [3.63, 3.8) is 0 Å². The van der Waals surface area contributed by atoms with Crippen molar-refractivity contribution in [2.75, 3.05) is 18.6 Å². The molecule has 1 N–H and O–H groups in total. The Kier molecular flexibility index (Phi) is 5.09. The molecule has 6 heteroatoms. The third kappa shape index (κ3) is 3.69.